The molecule has 2 rings (SSSR count). The summed E-state index contributed by atoms with van der Waals surface area (Å²) >= 11 is 1.69. The van der Waals surface area contributed by atoms with Gasteiger partial charge >= 0.3 is 0 Å². The van der Waals surface area contributed by atoms with Crippen LogP contribution in [0.1, 0.15) is 16.0 Å². The number of hydrogen-bond donors (Lipinski definition) is 1. The van der Waals surface area contributed by atoms with Gasteiger partial charge in [-0.25, -0.2) is 5.10 Å². The maximum atomic E-state index is 11.3. The molecule has 0 aromatic carbocycles. The molecular weight excluding hydrogens is 208 g/mol. The monoisotopic (exact) mass is 220 g/mol. The summed E-state index contributed by atoms with van der Waals surface area (Å²) < 4.78 is 0. The van der Waals surface area contributed by atoms with Crippen molar-refractivity contribution in [2.45, 2.75) is 20.8 Å². The quantitative estimate of drug-likeness (QED) is 0.802. The van der Waals surface area contributed by atoms with Gasteiger partial charge in [-0.2, -0.15) is 5.10 Å². The summed E-state index contributed by atoms with van der Waals surface area (Å²) in [5, 5.41) is 8.67. The predicted octanol–water partition coefficient (Wildman–Crippen LogP) is 2.42. The summed E-state index contributed by atoms with van der Waals surface area (Å²) in [5.41, 5.74) is 3.54. The Morgan fingerprint density at radius 3 is 2.60 bits per heavy atom. The first-order chi connectivity index (χ1) is 7.09. The highest BCUT2D eigenvalue weighted by Gasteiger charge is 2.09. The molecule has 0 aliphatic rings. The lowest BCUT2D eigenvalue weighted by atomic mass is 10.1. The fourth-order valence-corrected chi connectivity index (χ4v) is 2.16. The van der Waals surface area contributed by atoms with Crippen molar-refractivity contribution >= 4 is 11.3 Å². The van der Waals surface area contributed by atoms with E-state index in [9.17, 15) is 4.79 Å². The van der Waals surface area contributed by atoms with Crippen molar-refractivity contribution in [2.75, 3.05) is 0 Å². The standard InChI is InChI=1S/C11H12N2OS/c1-6-4-9(5-15-6)10-7(2)8(3)11(14)13-12-10/h4-5H,1-3H3,(H,13,14). The summed E-state index contributed by atoms with van der Waals surface area (Å²) in [6.07, 6.45) is 0. The van der Waals surface area contributed by atoms with Gasteiger partial charge in [0.2, 0.25) is 0 Å². The van der Waals surface area contributed by atoms with Gasteiger partial charge in [0.05, 0.1) is 5.69 Å². The van der Waals surface area contributed by atoms with E-state index in [1.807, 2.05) is 13.8 Å². The van der Waals surface area contributed by atoms with Gasteiger partial charge in [0.15, 0.2) is 0 Å². The maximum absolute atomic E-state index is 11.3. The molecule has 2 aromatic rings. The Kier molecular flexibility index (Phi) is 2.44. The molecule has 3 nitrogen and oxygen atoms in total. The average Bonchev–Trinajstić information content (AvgIpc) is 2.61. The van der Waals surface area contributed by atoms with Crippen molar-refractivity contribution in [3.8, 4) is 11.3 Å². The third-order valence-corrected chi connectivity index (χ3v) is 3.39. The molecule has 0 unspecified atom stereocenters. The van der Waals surface area contributed by atoms with Crippen LogP contribution in [-0.4, -0.2) is 10.2 Å². The van der Waals surface area contributed by atoms with Crippen molar-refractivity contribution in [1.82, 2.24) is 10.2 Å². The minimum absolute atomic E-state index is 0.108. The van der Waals surface area contributed by atoms with E-state index in [0.29, 0.717) is 0 Å². The van der Waals surface area contributed by atoms with Crippen LogP contribution < -0.4 is 5.56 Å². The highest BCUT2D eigenvalue weighted by molar-refractivity contribution is 7.10. The Hall–Kier alpha value is -1.42. The third kappa shape index (κ3) is 1.72. The number of aryl methyl sites for hydroxylation is 1. The fraction of sp³-hybridized carbons (Fsp3) is 0.273. The van der Waals surface area contributed by atoms with Gasteiger partial charge < -0.3 is 0 Å². The molecule has 0 aliphatic carbocycles. The molecule has 2 aromatic heterocycles. The summed E-state index contributed by atoms with van der Waals surface area (Å²) in [7, 11) is 0. The molecule has 0 atom stereocenters. The van der Waals surface area contributed by atoms with Crippen molar-refractivity contribution in [3.05, 3.63) is 37.8 Å². The number of aromatic nitrogens is 2. The Balaban J connectivity index is 2.64. The van der Waals surface area contributed by atoms with E-state index < -0.39 is 0 Å². The number of hydrogen-bond acceptors (Lipinski definition) is 3. The molecule has 4 heteroatoms. The van der Waals surface area contributed by atoms with E-state index in [-0.39, 0.29) is 5.56 Å². The third-order valence-electron chi connectivity index (χ3n) is 2.53. The van der Waals surface area contributed by atoms with Gasteiger partial charge in [0, 0.05) is 21.4 Å². The van der Waals surface area contributed by atoms with Gasteiger partial charge in [-0.3, -0.25) is 4.79 Å². The van der Waals surface area contributed by atoms with Crippen LogP contribution in [0.4, 0.5) is 0 Å². The SMILES string of the molecule is Cc1cc(-c2n[nH]c(=O)c(C)c2C)cs1. The molecular formula is C11H12N2OS. The van der Waals surface area contributed by atoms with E-state index in [4.69, 9.17) is 0 Å². The molecule has 15 heavy (non-hydrogen) atoms. The molecule has 78 valence electrons. The van der Waals surface area contributed by atoms with E-state index in [2.05, 4.69) is 28.6 Å². The zero-order chi connectivity index (χ0) is 11.0. The zero-order valence-electron chi connectivity index (χ0n) is 8.92. The van der Waals surface area contributed by atoms with Gasteiger partial charge in [-0.05, 0) is 32.4 Å². The average molecular weight is 220 g/mol. The highest BCUT2D eigenvalue weighted by Crippen LogP contribution is 2.25. The fourth-order valence-electron chi connectivity index (χ4n) is 1.47. The molecule has 0 saturated carbocycles. The van der Waals surface area contributed by atoms with Crippen molar-refractivity contribution < 1.29 is 0 Å². The Morgan fingerprint density at radius 1 is 1.27 bits per heavy atom. The zero-order valence-corrected chi connectivity index (χ0v) is 9.73. The number of H-pyrrole nitrogens is 1. The first-order valence-electron chi connectivity index (χ1n) is 4.71. The minimum Gasteiger partial charge on any atom is -0.268 e. The second kappa shape index (κ2) is 3.62. The smallest absolute Gasteiger partial charge is 0.267 e. The summed E-state index contributed by atoms with van der Waals surface area (Å²) in [6.45, 7) is 5.81. The molecule has 0 spiro atoms. The van der Waals surface area contributed by atoms with Crippen molar-refractivity contribution in [2.24, 2.45) is 0 Å². The summed E-state index contributed by atoms with van der Waals surface area (Å²) in [4.78, 5) is 12.6. The van der Waals surface area contributed by atoms with Crippen LogP contribution in [-0.2, 0) is 0 Å². The number of nitrogens with zero attached hydrogens (tertiary/aromatic N) is 1. The van der Waals surface area contributed by atoms with Gasteiger partial charge in [-0.1, -0.05) is 0 Å². The largest absolute Gasteiger partial charge is 0.268 e. The van der Waals surface area contributed by atoms with Crippen LogP contribution in [0.25, 0.3) is 11.3 Å². The van der Waals surface area contributed by atoms with Crippen LogP contribution >= 0.6 is 11.3 Å². The topological polar surface area (TPSA) is 45.8 Å². The molecule has 2 heterocycles. The number of thiophene rings is 1. The Labute approximate surface area is 91.8 Å². The molecule has 1 N–H and O–H groups in total. The second-order valence-electron chi connectivity index (χ2n) is 3.60. The molecule has 0 radical (unpaired) electrons. The lowest BCUT2D eigenvalue weighted by Gasteiger charge is -2.03. The van der Waals surface area contributed by atoms with Crippen molar-refractivity contribution in [1.29, 1.82) is 0 Å². The van der Waals surface area contributed by atoms with Gasteiger partial charge in [0.1, 0.15) is 0 Å². The second-order valence-corrected chi connectivity index (χ2v) is 4.71. The van der Waals surface area contributed by atoms with Crippen LogP contribution in [0.3, 0.4) is 0 Å². The van der Waals surface area contributed by atoms with Gasteiger partial charge in [0.25, 0.3) is 5.56 Å². The molecule has 0 fully saturated rings. The molecule has 0 aliphatic heterocycles. The minimum atomic E-state index is -0.108. The molecule has 0 bridgehead atoms. The lowest BCUT2D eigenvalue weighted by molar-refractivity contribution is 0.959. The summed E-state index contributed by atoms with van der Waals surface area (Å²) in [6, 6.07) is 2.08. The first kappa shape index (κ1) is 10.1. The maximum Gasteiger partial charge on any atom is 0.267 e. The van der Waals surface area contributed by atoms with Crippen LogP contribution in [0.2, 0.25) is 0 Å². The van der Waals surface area contributed by atoms with Crippen LogP contribution in [0.5, 0.6) is 0 Å². The van der Waals surface area contributed by atoms with Crippen LogP contribution in [0.15, 0.2) is 16.2 Å². The molecule has 0 amide bonds. The van der Waals surface area contributed by atoms with E-state index in [1.54, 1.807) is 11.3 Å². The van der Waals surface area contributed by atoms with Crippen LogP contribution in [0, 0.1) is 20.8 Å². The van der Waals surface area contributed by atoms with E-state index >= 15 is 0 Å². The molecule has 0 saturated heterocycles. The number of rotatable bonds is 1. The van der Waals surface area contributed by atoms with E-state index in [1.165, 1.54) is 4.88 Å². The van der Waals surface area contributed by atoms with Gasteiger partial charge in [-0.15, -0.1) is 11.3 Å². The van der Waals surface area contributed by atoms with E-state index in [0.717, 1.165) is 22.4 Å². The first-order valence-corrected chi connectivity index (χ1v) is 5.59. The Morgan fingerprint density at radius 2 is 2.00 bits per heavy atom. The highest BCUT2D eigenvalue weighted by atomic mass is 32.1. The number of nitrogens with one attached hydrogen (secondary N) is 1. The lowest BCUT2D eigenvalue weighted by Crippen LogP contribution is -2.14. The number of aromatic amines is 1. The predicted molar refractivity (Wildman–Crippen MR) is 62.4 cm³/mol. The summed E-state index contributed by atoms with van der Waals surface area (Å²) in [5.74, 6) is 0. The Bertz CT molecular complexity index is 554. The van der Waals surface area contributed by atoms with Crippen molar-refractivity contribution in [3.63, 3.8) is 0 Å². The normalized spacial score (nSPS) is 10.6.